The zero-order valence-electron chi connectivity index (χ0n) is 14.1. The van der Waals surface area contributed by atoms with Crippen LogP contribution in [-0.4, -0.2) is 15.3 Å². The van der Waals surface area contributed by atoms with Crippen molar-refractivity contribution in [1.82, 2.24) is 9.55 Å². The van der Waals surface area contributed by atoms with Crippen molar-refractivity contribution in [3.63, 3.8) is 0 Å². The Kier molecular flexibility index (Phi) is 5.52. The second-order valence-electron chi connectivity index (χ2n) is 5.78. The topological polar surface area (TPSA) is 58.7 Å². The molecule has 126 valence electrons. The molecule has 0 radical (unpaired) electrons. The van der Waals surface area contributed by atoms with E-state index in [0.717, 1.165) is 17.7 Å². The van der Waals surface area contributed by atoms with Gasteiger partial charge in [0.1, 0.15) is 0 Å². The average Bonchev–Trinajstić information content (AvgIpc) is 2.66. The van der Waals surface area contributed by atoms with Gasteiger partial charge in [-0.05, 0) is 31.0 Å². The highest BCUT2D eigenvalue weighted by molar-refractivity contribution is 7.99. The highest BCUT2D eigenvalue weighted by Gasteiger charge is 2.17. The molecule has 0 N–H and O–H groups in total. The van der Waals surface area contributed by atoms with Gasteiger partial charge in [-0.25, -0.2) is 4.98 Å². The molecule has 0 fully saturated rings. The molecular formula is C20H19N3OS. The Bertz CT molecular complexity index is 960. The van der Waals surface area contributed by atoms with Crippen molar-refractivity contribution in [2.24, 2.45) is 0 Å². The summed E-state index contributed by atoms with van der Waals surface area (Å²) in [5.41, 5.74) is 1.76. The van der Waals surface area contributed by atoms with E-state index in [0.29, 0.717) is 22.5 Å². The number of aromatic nitrogens is 2. The van der Waals surface area contributed by atoms with Gasteiger partial charge < -0.3 is 0 Å². The van der Waals surface area contributed by atoms with Crippen molar-refractivity contribution in [3.8, 4) is 6.07 Å². The van der Waals surface area contributed by atoms with Crippen LogP contribution >= 0.6 is 11.8 Å². The van der Waals surface area contributed by atoms with E-state index in [4.69, 9.17) is 10.2 Å². The zero-order chi connectivity index (χ0) is 17.6. The lowest BCUT2D eigenvalue weighted by Gasteiger charge is -2.20. The number of unbranched alkanes of at least 4 members (excludes halogenated alkanes) is 1. The van der Waals surface area contributed by atoms with Crippen LogP contribution in [0.1, 0.15) is 31.4 Å². The summed E-state index contributed by atoms with van der Waals surface area (Å²) in [5, 5.41) is 10.0. The molecule has 0 aliphatic rings. The molecule has 1 heterocycles. The van der Waals surface area contributed by atoms with Crippen LogP contribution in [-0.2, 0) is 0 Å². The lowest BCUT2D eigenvalue weighted by atomic mass is 10.1. The minimum absolute atomic E-state index is 0.0234. The largest absolute Gasteiger partial charge is 0.280 e. The first-order chi connectivity index (χ1) is 12.2. The fraction of sp³-hybridized carbons (Fsp3) is 0.250. The molecule has 3 aromatic rings. The van der Waals surface area contributed by atoms with Gasteiger partial charge in [-0.1, -0.05) is 54.2 Å². The van der Waals surface area contributed by atoms with Crippen molar-refractivity contribution in [2.45, 2.75) is 31.0 Å². The summed E-state index contributed by atoms with van der Waals surface area (Å²) in [6, 6.07) is 19.5. The van der Waals surface area contributed by atoms with Gasteiger partial charge >= 0.3 is 0 Å². The predicted octanol–water partition coefficient (Wildman–Crippen LogP) is 4.40. The molecule has 0 aliphatic carbocycles. The summed E-state index contributed by atoms with van der Waals surface area (Å²) in [4.78, 5) is 17.8. The summed E-state index contributed by atoms with van der Waals surface area (Å²) >= 11 is 1.54. The van der Waals surface area contributed by atoms with E-state index >= 15 is 0 Å². The molecule has 1 aromatic heterocycles. The van der Waals surface area contributed by atoms with Crippen LogP contribution in [0.4, 0.5) is 0 Å². The number of rotatable bonds is 6. The van der Waals surface area contributed by atoms with Crippen LogP contribution in [0, 0.1) is 11.3 Å². The van der Waals surface area contributed by atoms with Crippen molar-refractivity contribution >= 4 is 22.7 Å². The summed E-state index contributed by atoms with van der Waals surface area (Å²) in [5.74, 6) is 0.764. The molecule has 0 bridgehead atoms. The monoisotopic (exact) mass is 349 g/mol. The fourth-order valence-electron chi connectivity index (χ4n) is 2.76. The molecule has 3 rings (SSSR count). The normalized spacial score (nSPS) is 12.0. The Hall–Kier alpha value is -2.58. The van der Waals surface area contributed by atoms with Crippen molar-refractivity contribution < 1.29 is 0 Å². The molecule has 1 atom stereocenters. The molecule has 0 saturated heterocycles. The number of nitriles is 1. The minimum atomic E-state index is -0.107. The molecule has 2 aromatic carbocycles. The van der Waals surface area contributed by atoms with Gasteiger partial charge in [-0.15, -0.1) is 0 Å². The highest BCUT2D eigenvalue weighted by atomic mass is 32.2. The van der Waals surface area contributed by atoms with Gasteiger partial charge in [0.05, 0.1) is 23.0 Å². The Morgan fingerprint density at radius 1 is 1.16 bits per heavy atom. The summed E-state index contributed by atoms with van der Waals surface area (Å²) in [6.07, 6.45) is 1.29. The molecule has 25 heavy (non-hydrogen) atoms. The van der Waals surface area contributed by atoms with E-state index in [1.54, 1.807) is 4.57 Å². The lowest BCUT2D eigenvalue weighted by Crippen LogP contribution is -2.27. The minimum Gasteiger partial charge on any atom is -0.280 e. The third-order valence-corrected chi connectivity index (χ3v) is 5.15. The van der Waals surface area contributed by atoms with Crippen molar-refractivity contribution in [1.29, 1.82) is 5.26 Å². The predicted molar refractivity (Wildman–Crippen MR) is 102 cm³/mol. The molecule has 0 saturated carbocycles. The fourth-order valence-corrected chi connectivity index (χ4v) is 3.78. The number of hydrogen-bond acceptors (Lipinski definition) is 4. The first kappa shape index (κ1) is 17.2. The second kappa shape index (κ2) is 8.00. The Morgan fingerprint density at radius 2 is 1.88 bits per heavy atom. The van der Waals surface area contributed by atoms with Crippen LogP contribution in [0.15, 0.2) is 64.5 Å². The first-order valence-electron chi connectivity index (χ1n) is 8.28. The molecule has 5 heteroatoms. The van der Waals surface area contributed by atoms with E-state index in [1.165, 1.54) is 11.8 Å². The van der Waals surface area contributed by atoms with Crippen molar-refractivity contribution in [2.75, 3.05) is 5.75 Å². The number of benzene rings is 2. The Morgan fingerprint density at radius 3 is 2.64 bits per heavy atom. The maximum Gasteiger partial charge on any atom is 0.262 e. The first-order valence-corrected chi connectivity index (χ1v) is 9.27. The SMILES string of the molecule is C[C@@H](c1ccccc1)n1c(SCCCC#N)nc2ccccc2c1=O. The van der Waals surface area contributed by atoms with Gasteiger partial charge in [-0.2, -0.15) is 5.26 Å². The van der Waals surface area contributed by atoms with E-state index in [1.807, 2.05) is 61.5 Å². The molecule has 0 unspecified atom stereocenters. The van der Waals surface area contributed by atoms with E-state index in [-0.39, 0.29) is 11.6 Å². The maximum absolute atomic E-state index is 13.1. The smallest absolute Gasteiger partial charge is 0.262 e. The molecule has 0 spiro atoms. The number of thioether (sulfide) groups is 1. The van der Waals surface area contributed by atoms with Crippen LogP contribution in [0.5, 0.6) is 0 Å². The maximum atomic E-state index is 13.1. The number of nitrogens with zero attached hydrogens (tertiary/aromatic N) is 3. The molecular weight excluding hydrogens is 330 g/mol. The third kappa shape index (κ3) is 3.75. The number of para-hydroxylation sites is 1. The van der Waals surface area contributed by atoms with Gasteiger partial charge in [0.15, 0.2) is 5.16 Å². The van der Waals surface area contributed by atoms with E-state index in [9.17, 15) is 4.79 Å². The standard InChI is InChI=1S/C20H19N3OS/c1-15(16-9-3-2-4-10-16)23-19(24)17-11-5-6-12-18(17)22-20(23)25-14-8-7-13-21/h2-6,9-12,15H,7-8,14H2,1H3/t15-/m0/s1. The second-order valence-corrected chi connectivity index (χ2v) is 6.85. The van der Waals surface area contributed by atoms with Crippen LogP contribution in [0.2, 0.25) is 0 Å². The summed E-state index contributed by atoms with van der Waals surface area (Å²) < 4.78 is 1.77. The molecule has 0 amide bonds. The Balaban J connectivity index is 2.08. The van der Waals surface area contributed by atoms with Crippen LogP contribution in [0.25, 0.3) is 10.9 Å². The third-order valence-electron chi connectivity index (χ3n) is 4.11. The molecule has 4 nitrogen and oxygen atoms in total. The van der Waals surface area contributed by atoms with Crippen molar-refractivity contribution in [3.05, 3.63) is 70.5 Å². The van der Waals surface area contributed by atoms with Gasteiger partial charge in [0, 0.05) is 12.2 Å². The van der Waals surface area contributed by atoms with Crippen LogP contribution in [0.3, 0.4) is 0 Å². The quantitative estimate of drug-likeness (QED) is 0.376. The number of fused-ring (bicyclic) bond motifs is 1. The van der Waals surface area contributed by atoms with Gasteiger partial charge in [0.25, 0.3) is 5.56 Å². The Labute approximate surface area is 151 Å². The average molecular weight is 349 g/mol. The summed E-state index contributed by atoms with van der Waals surface area (Å²) in [6.45, 7) is 2.02. The lowest BCUT2D eigenvalue weighted by molar-refractivity contribution is 0.548. The highest BCUT2D eigenvalue weighted by Crippen LogP contribution is 2.25. The van der Waals surface area contributed by atoms with Gasteiger partial charge in [-0.3, -0.25) is 9.36 Å². The van der Waals surface area contributed by atoms with Gasteiger partial charge in [0.2, 0.25) is 0 Å². The van der Waals surface area contributed by atoms with Crippen LogP contribution < -0.4 is 5.56 Å². The number of hydrogen-bond donors (Lipinski definition) is 0. The molecule has 0 aliphatic heterocycles. The summed E-state index contributed by atoms with van der Waals surface area (Å²) in [7, 11) is 0. The van der Waals surface area contributed by atoms with E-state index in [2.05, 4.69) is 6.07 Å². The van der Waals surface area contributed by atoms with E-state index < -0.39 is 0 Å². The zero-order valence-corrected chi connectivity index (χ0v) is 14.9.